The molecule has 0 bridgehead atoms. The molecule has 0 spiro atoms. The molecule has 0 aliphatic heterocycles. The monoisotopic (exact) mass is 352 g/mol. The van der Waals surface area contributed by atoms with Gasteiger partial charge in [-0.15, -0.1) is 0 Å². The van der Waals surface area contributed by atoms with E-state index < -0.39 is 10.0 Å². The standard InChI is InChI=1S/C18H28N2O3S/c1-14-9-10-18(13-15(14)2)24(22,23)19-11-12-20(16(3)21)17-7-5-4-6-8-17/h9-10,13,17,19H,4-8,11-12H2,1-3H3. The lowest BCUT2D eigenvalue weighted by molar-refractivity contribution is -0.131. The predicted molar refractivity (Wildman–Crippen MR) is 95.4 cm³/mol. The zero-order chi connectivity index (χ0) is 17.7. The van der Waals surface area contributed by atoms with Crippen molar-refractivity contribution in [3.8, 4) is 0 Å². The van der Waals surface area contributed by atoms with Crippen molar-refractivity contribution in [2.45, 2.75) is 63.8 Å². The van der Waals surface area contributed by atoms with Gasteiger partial charge in [0, 0.05) is 26.1 Å². The van der Waals surface area contributed by atoms with E-state index in [-0.39, 0.29) is 23.4 Å². The van der Waals surface area contributed by atoms with E-state index in [1.807, 2.05) is 24.8 Å². The van der Waals surface area contributed by atoms with Crippen molar-refractivity contribution >= 4 is 15.9 Å². The summed E-state index contributed by atoms with van der Waals surface area (Å²) in [5.74, 6) is 0.0206. The first-order valence-electron chi connectivity index (χ1n) is 8.65. The molecule has 0 unspecified atom stereocenters. The lowest BCUT2D eigenvalue weighted by atomic mass is 9.94. The van der Waals surface area contributed by atoms with Crippen LogP contribution in [0.5, 0.6) is 0 Å². The Kier molecular flexibility index (Phi) is 6.40. The number of nitrogens with zero attached hydrogens (tertiary/aromatic N) is 1. The first kappa shape index (κ1) is 18.9. The summed E-state index contributed by atoms with van der Waals surface area (Å²) in [4.78, 5) is 14.0. The van der Waals surface area contributed by atoms with Gasteiger partial charge < -0.3 is 4.90 Å². The summed E-state index contributed by atoms with van der Waals surface area (Å²) in [6.45, 7) is 6.07. The molecule has 0 aromatic heterocycles. The van der Waals surface area contributed by atoms with Gasteiger partial charge in [0.15, 0.2) is 0 Å². The average molecular weight is 353 g/mol. The van der Waals surface area contributed by atoms with E-state index in [0.717, 1.165) is 36.8 Å². The lowest BCUT2D eigenvalue weighted by Gasteiger charge is -2.33. The van der Waals surface area contributed by atoms with Crippen LogP contribution in [0.2, 0.25) is 0 Å². The minimum atomic E-state index is -3.54. The third kappa shape index (κ3) is 4.80. The fourth-order valence-corrected chi connectivity index (χ4v) is 4.36. The summed E-state index contributed by atoms with van der Waals surface area (Å²) in [6.07, 6.45) is 5.54. The van der Waals surface area contributed by atoms with Gasteiger partial charge in [0.1, 0.15) is 0 Å². The molecule has 0 radical (unpaired) electrons. The minimum absolute atomic E-state index is 0.0206. The molecule has 24 heavy (non-hydrogen) atoms. The summed E-state index contributed by atoms with van der Waals surface area (Å²) in [5.41, 5.74) is 2.01. The molecule has 2 rings (SSSR count). The molecule has 0 atom stereocenters. The molecule has 6 heteroatoms. The predicted octanol–water partition coefficient (Wildman–Crippen LogP) is 2.76. The Labute approximate surface area is 145 Å². The molecule has 0 saturated heterocycles. The minimum Gasteiger partial charge on any atom is -0.339 e. The second-order valence-electron chi connectivity index (χ2n) is 6.65. The van der Waals surface area contributed by atoms with Crippen molar-refractivity contribution < 1.29 is 13.2 Å². The number of benzene rings is 1. The van der Waals surface area contributed by atoms with E-state index in [9.17, 15) is 13.2 Å². The van der Waals surface area contributed by atoms with Gasteiger partial charge in [-0.05, 0) is 49.9 Å². The molecule has 1 saturated carbocycles. The normalized spacial score (nSPS) is 16.1. The smallest absolute Gasteiger partial charge is 0.240 e. The molecular formula is C18H28N2O3S. The van der Waals surface area contributed by atoms with E-state index >= 15 is 0 Å². The van der Waals surface area contributed by atoms with E-state index in [1.165, 1.54) is 6.42 Å². The van der Waals surface area contributed by atoms with Crippen LogP contribution in [0.4, 0.5) is 0 Å². The third-order valence-electron chi connectivity index (χ3n) is 4.85. The highest BCUT2D eigenvalue weighted by molar-refractivity contribution is 7.89. The fourth-order valence-electron chi connectivity index (χ4n) is 3.25. The average Bonchev–Trinajstić information content (AvgIpc) is 2.54. The maximum Gasteiger partial charge on any atom is 0.240 e. The van der Waals surface area contributed by atoms with Crippen molar-refractivity contribution in [2.24, 2.45) is 0 Å². The van der Waals surface area contributed by atoms with Crippen LogP contribution in [-0.2, 0) is 14.8 Å². The zero-order valence-corrected chi connectivity index (χ0v) is 15.7. The summed E-state index contributed by atoms with van der Waals surface area (Å²) in [7, 11) is -3.54. The van der Waals surface area contributed by atoms with Crippen molar-refractivity contribution in [2.75, 3.05) is 13.1 Å². The highest BCUT2D eigenvalue weighted by Gasteiger charge is 2.23. The van der Waals surface area contributed by atoms with Crippen molar-refractivity contribution in [3.05, 3.63) is 29.3 Å². The van der Waals surface area contributed by atoms with Crippen molar-refractivity contribution in [3.63, 3.8) is 0 Å². The molecule has 1 aromatic carbocycles. The van der Waals surface area contributed by atoms with Gasteiger partial charge in [-0.25, -0.2) is 13.1 Å². The first-order chi connectivity index (χ1) is 11.3. The SMILES string of the molecule is CC(=O)N(CCNS(=O)(=O)c1ccc(C)c(C)c1)C1CCCCC1. The molecule has 1 aromatic rings. The Hall–Kier alpha value is -1.40. The number of aryl methyl sites for hydroxylation is 2. The molecule has 1 amide bonds. The van der Waals surface area contributed by atoms with Gasteiger partial charge in [0.05, 0.1) is 4.90 Å². The number of hydrogen-bond acceptors (Lipinski definition) is 3. The van der Waals surface area contributed by atoms with Crippen molar-refractivity contribution in [1.29, 1.82) is 0 Å². The van der Waals surface area contributed by atoms with Crippen LogP contribution in [0.15, 0.2) is 23.1 Å². The summed E-state index contributed by atoms with van der Waals surface area (Å²) in [6, 6.07) is 5.37. The van der Waals surface area contributed by atoms with Gasteiger partial charge in [0.2, 0.25) is 15.9 Å². The van der Waals surface area contributed by atoms with Crippen LogP contribution in [-0.4, -0.2) is 38.4 Å². The Bertz CT molecular complexity index is 680. The molecule has 0 heterocycles. The van der Waals surface area contributed by atoms with Gasteiger partial charge in [-0.3, -0.25) is 4.79 Å². The third-order valence-corrected chi connectivity index (χ3v) is 6.31. The quantitative estimate of drug-likeness (QED) is 0.856. The summed E-state index contributed by atoms with van der Waals surface area (Å²) in [5, 5.41) is 0. The molecule has 1 aliphatic carbocycles. The lowest BCUT2D eigenvalue weighted by Crippen LogP contribution is -2.44. The number of carbonyl (C=O) groups excluding carboxylic acids is 1. The van der Waals surface area contributed by atoms with Gasteiger partial charge >= 0.3 is 0 Å². The van der Waals surface area contributed by atoms with Crippen LogP contribution in [0.25, 0.3) is 0 Å². The second kappa shape index (κ2) is 8.12. The highest BCUT2D eigenvalue weighted by Crippen LogP contribution is 2.22. The van der Waals surface area contributed by atoms with E-state index in [1.54, 1.807) is 19.1 Å². The topological polar surface area (TPSA) is 66.5 Å². The number of hydrogen-bond donors (Lipinski definition) is 1. The van der Waals surface area contributed by atoms with E-state index in [0.29, 0.717) is 6.54 Å². The zero-order valence-electron chi connectivity index (χ0n) is 14.8. The Balaban J connectivity index is 1.97. The second-order valence-corrected chi connectivity index (χ2v) is 8.42. The van der Waals surface area contributed by atoms with Crippen molar-refractivity contribution in [1.82, 2.24) is 9.62 Å². The van der Waals surface area contributed by atoms with Crippen LogP contribution in [0.1, 0.15) is 50.2 Å². The van der Waals surface area contributed by atoms with Crippen LogP contribution in [0.3, 0.4) is 0 Å². The molecule has 134 valence electrons. The number of nitrogens with one attached hydrogen (secondary N) is 1. The molecular weight excluding hydrogens is 324 g/mol. The molecule has 5 nitrogen and oxygen atoms in total. The Morgan fingerprint density at radius 3 is 2.42 bits per heavy atom. The molecule has 1 aliphatic rings. The maximum absolute atomic E-state index is 12.4. The number of rotatable bonds is 6. The molecule has 1 fully saturated rings. The Morgan fingerprint density at radius 2 is 1.83 bits per heavy atom. The first-order valence-corrected chi connectivity index (χ1v) is 10.1. The van der Waals surface area contributed by atoms with E-state index in [2.05, 4.69) is 4.72 Å². The van der Waals surface area contributed by atoms with Crippen LogP contribution in [0, 0.1) is 13.8 Å². The highest BCUT2D eigenvalue weighted by atomic mass is 32.2. The fraction of sp³-hybridized carbons (Fsp3) is 0.611. The van der Waals surface area contributed by atoms with Crippen LogP contribution >= 0.6 is 0 Å². The number of amides is 1. The Morgan fingerprint density at radius 1 is 1.17 bits per heavy atom. The largest absolute Gasteiger partial charge is 0.339 e. The maximum atomic E-state index is 12.4. The van der Waals surface area contributed by atoms with Crippen LogP contribution < -0.4 is 4.72 Å². The van der Waals surface area contributed by atoms with E-state index in [4.69, 9.17) is 0 Å². The number of carbonyl (C=O) groups is 1. The van der Waals surface area contributed by atoms with Gasteiger partial charge in [-0.2, -0.15) is 0 Å². The summed E-state index contributed by atoms with van der Waals surface area (Å²) >= 11 is 0. The summed E-state index contributed by atoms with van der Waals surface area (Å²) < 4.78 is 27.4. The number of sulfonamides is 1. The van der Waals surface area contributed by atoms with Gasteiger partial charge in [0.25, 0.3) is 0 Å². The molecule has 1 N–H and O–H groups in total. The van der Waals surface area contributed by atoms with Gasteiger partial charge in [-0.1, -0.05) is 25.3 Å².